The molecule has 0 saturated heterocycles. The third-order valence-electron chi connectivity index (χ3n) is 2.19. The van der Waals surface area contributed by atoms with Crippen molar-refractivity contribution in [1.82, 2.24) is 0 Å². The molecular weight excluding hydrogens is 215 g/mol. The summed E-state index contributed by atoms with van der Waals surface area (Å²) in [5, 5.41) is 11.0. The van der Waals surface area contributed by atoms with Crippen molar-refractivity contribution < 1.29 is 14.3 Å². The highest BCUT2D eigenvalue weighted by Crippen LogP contribution is 2.28. The van der Waals surface area contributed by atoms with Crippen LogP contribution in [0.15, 0.2) is 23.6 Å². The minimum Gasteiger partial charge on any atom is -0.396 e. The predicted octanol–water partition coefficient (Wildman–Crippen LogP) is 2.61. The number of thiophene rings is 1. The van der Waals surface area contributed by atoms with Crippen LogP contribution in [-0.2, 0) is 0 Å². The molecule has 0 aliphatic carbocycles. The Balaban J connectivity index is 2.54. The molecule has 0 fully saturated rings. The predicted molar refractivity (Wildman–Crippen MR) is 57.8 cm³/mol. The smallest absolute Gasteiger partial charge is 0.166 e. The molecule has 4 heteroatoms. The number of rotatable bonds is 3. The van der Waals surface area contributed by atoms with Crippen LogP contribution in [0, 0.1) is 5.82 Å². The molecule has 15 heavy (non-hydrogen) atoms. The number of hydrogen-bond donors (Lipinski definition) is 1. The topological polar surface area (TPSA) is 37.3 Å². The van der Waals surface area contributed by atoms with Gasteiger partial charge in [-0.15, -0.1) is 11.3 Å². The molecule has 0 amide bonds. The summed E-state index contributed by atoms with van der Waals surface area (Å²) in [7, 11) is 0. The van der Waals surface area contributed by atoms with E-state index in [1.165, 1.54) is 17.4 Å². The first-order valence-electron chi connectivity index (χ1n) is 4.54. The van der Waals surface area contributed by atoms with Gasteiger partial charge in [0.1, 0.15) is 5.82 Å². The van der Waals surface area contributed by atoms with Crippen molar-refractivity contribution in [3.8, 4) is 0 Å². The molecule has 1 aromatic heterocycles. The van der Waals surface area contributed by atoms with E-state index < -0.39 is 0 Å². The van der Waals surface area contributed by atoms with Gasteiger partial charge in [-0.2, -0.15) is 0 Å². The van der Waals surface area contributed by atoms with E-state index in [1.807, 2.05) is 0 Å². The zero-order valence-electron chi connectivity index (χ0n) is 7.87. The first-order valence-corrected chi connectivity index (χ1v) is 5.42. The number of carbonyl (C=O) groups is 1. The molecule has 0 aliphatic heterocycles. The van der Waals surface area contributed by atoms with Gasteiger partial charge >= 0.3 is 0 Å². The standard InChI is InChI=1S/C11H9FO2S/c12-9-3-1-2-7-8(6-15-11(7)9)10(14)4-5-13/h1-3,6,13H,4-5H2. The number of ketones is 1. The van der Waals surface area contributed by atoms with E-state index in [0.717, 1.165) is 0 Å². The van der Waals surface area contributed by atoms with Gasteiger partial charge in [0.15, 0.2) is 5.78 Å². The van der Waals surface area contributed by atoms with E-state index in [1.54, 1.807) is 17.5 Å². The van der Waals surface area contributed by atoms with Crippen molar-refractivity contribution in [2.24, 2.45) is 0 Å². The summed E-state index contributed by atoms with van der Waals surface area (Å²) >= 11 is 1.22. The number of Topliss-reactive ketones (excluding diaryl/α,β-unsaturated/α-hetero) is 1. The van der Waals surface area contributed by atoms with Crippen LogP contribution in [-0.4, -0.2) is 17.5 Å². The first kappa shape index (κ1) is 10.3. The number of hydrogen-bond acceptors (Lipinski definition) is 3. The van der Waals surface area contributed by atoms with Crippen LogP contribution >= 0.6 is 11.3 Å². The van der Waals surface area contributed by atoms with Gasteiger partial charge in [0, 0.05) is 22.8 Å². The fraction of sp³-hybridized carbons (Fsp3) is 0.182. The molecule has 0 atom stereocenters. The molecule has 0 aliphatic rings. The van der Waals surface area contributed by atoms with Crippen LogP contribution in [0.25, 0.3) is 10.1 Å². The molecule has 1 N–H and O–H groups in total. The summed E-state index contributed by atoms with van der Waals surface area (Å²) in [6, 6.07) is 4.68. The van der Waals surface area contributed by atoms with Crippen molar-refractivity contribution in [3.05, 3.63) is 35.0 Å². The van der Waals surface area contributed by atoms with E-state index in [9.17, 15) is 9.18 Å². The highest BCUT2D eigenvalue weighted by atomic mass is 32.1. The molecule has 2 nitrogen and oxygen atoms in total. The molecule has 1 heterocycles. The Morgan fingerprint density at radius 1 is 1.47 bits per heavy atom. The van der Waals surface area contributed by atoms with Crippen LogP contribution in [0.3, 0.4) is 0 Å². The Morgan fingerprint density at radius 3 is 3.00 bits per heavy atom. The Bertz CT molecular complexity index is 504. The molecule has 0 radical (unpaired) electrons. The zero-order valence-corrected chi connectivity index (χ0v) is 8.68. The third kappa shape index (κ3) is 1.78. The fourth-order valence-electron chi connectivity index (χ4n) is 1.47. The fourth-order valence-corrected chi connectivity index (χ4v) is 2.45. The Morgan fingerprint density at radius 2 is 2.27 bits per heavy atom. The second-order valence-electron chi connectivity index (χ2n) is 3.16. The van der Waals surface area contributed by atoms with Crippen LogP contribution in [0.5, 0.6) is 0 Å². The summed E-state index contributed by atoms with van der Waals surface area (Å²) in [6.45, 7) is -0.175. The maximum atomic E-state index is 13.3. The van der Waals surface area contributed by atoms with E-state index in [2.05, 4.69) is 0 Å². The second-order valence-corrected chi connectivity index (χ2v) is 4.04. The third-order valence-corrected chi connectivity index (χ3v) is 3.20. The number of fused-ring (bicyclic) bond motifs is 1. The van der Waals surface area contributed by atoms with E-state index >= 15 is 0 Å². The number of aliphatic hydroxyl groups is 1. The Labute approximate surface area is 90.0 Å². The van der Waals surface area contributed by atoms with Gasteiger partial charge in [0.05, 0.1) is 11.3 Å². The van der Waals surface area contributed by atoms with Crippen molar-refractivity contribution in [1.29, 1.82) is 0 Å². The summed E-state index contributed by atoms with van der Waals surface area (Å²) in [6.07, 6.45) is 0.0857. The van der Waals surface area contributed by atoms with Gasteiger partial charge in [-0.1, -0.05) is 12.1 Å². The van der Waals surface area contributed by atoms with Gasteiger partial charge < -0.3 is 5.11 Å². The number of halogens is 1. The summed E-state index contributed by atoms with van der Waals surface area (Å²) in [4.78, 5) is 11.6. The maximum Gasteiger partial charge on any atom is 0.166 e. The zero-order chi connectivity index (χ0) is 10.8. The summed E-state index contributed by atoms with van der Waals surface area (Å²) < 4.78 is 13.8. The van der Waals surface area contributed by atoms with E-state index in [0.29, 0.717) is 15.6 Å². The Kier molecular flexibility index (Phi) is 2.79. The first-order chi connectivity index (χ1) is 7.24. The Hall–Kier alpha value is -1.26. The maximum absolute atomic E-state index is 13.3. The van der Waals surface area contributed by atoms with Gasteiger partial charge in [0.2, 0.25) is 0 Å². The van der Waals surface area contributed by atoms with Gasteiger partial charge in [-0.05, 0) is 6.07 Å². The highest BCUT2D eigenvalue weighted by Gasteiger charge is 2.13. The lowest BCUT2D eigenvalue weighted by Gasteiger charge is -1.96. The lowest BCUT2D eigenvalue weighted by Crippen LogP contribution is -2.00. The number of aliphatic hydroxyl groups excluding tert-OH is 1. The van der Waals surface area contributed by atoms with Crippen LogP contribution in [0.2, 0.25) is 0 Å². The average molecular weight is 224 g/mol. The molecule has 0 bridgehead atoms. The SMILES string of the molecule is O=C(CCO)c1csc2c(F)cccc12. The van der Waals surface area contributed by atoms with Gasteiger partial charge in [-0.25, -0.2) is 4.39 Å². The molecule has 2 aromatic rings. The molecule has 78 valence electrons. The molecule has 0 saturated carbocycles. The highest BCUT2D eigenvalue weighted by molar-refractivity contribution is 7.17. The minimum absolute atomic E-state index is 0.0857. The molecule has 0 unspecified atom stereocenters. The molecule has 0 spiro atoms. The average Bonchev–Trinajstić information content (AvgIpc) is 2.63. The molecule has 1 aromatic carbocycles. The van der Waals surface area contributed by atoms with E-state index in [4.69, 9.17) is 5.11 Å². The van der Waals surface area contributed by atoms with Crippen molar-refractivity contribution in [2.45, 2.75) is 6.42 Å². The quantitative estimate of drug-likeness (QED) is 0.814. The summed E-state index contributed by atoms with van der Waals surface area (Å²) in [5.74, 6) is -0.449. The summed E-state index contributed by atoms with van der Waals surface area (Å²) in [5.41, 5.74) is 0.503. The minimum atomic E-state index is -0.305. The number of benzene rings is 1. The molecular formula is C11H9FO2S. The number of carbonyl (C=O) groups excluding carboxylic acids is 1. The van der Waals surface area contributed by atoms with Crippen LogP contribution < -0.4 is 0 Å². The monoisotopic (exact) mass is 224 g/mol. The lowest BCUT2D eigenvalue weighted by molar-refractivity contribution is 0.0958. The molecule has 2 rings (SSSR count). The largest absolute Gasteiger partial charge is 0.396 e. The van der Waals surface area contributed by atoms with Crippen LogP contribution in [0.1, 0.15) is 16.8 Å². The second kappa shape index (κ2) is 4.08. The van der Waals surface area contributed by atoms with Crippen LogP contribution in [0.4, 0.5) is 4.39 Å². The van der Waals surface area contributed by atoms with Crippen molar-refractivity contribution in [3.63, 3.8) is 0 Å². The van der Waals surface area contributed by atoms with Gasteiger partial charge in [-0.3, -0.25) is 4.79 Å². The van der Waals surface area contributed by atoms with E-state index in [-0.39, 0.29) is 24.6 Å². The van der Waals surface area contributed by atoms with Crippen molar-refractivity contribution in [2.75, 3.05) is 6.61 Å². The van der Waals surface area contributed by atoms with Gasteiger partial charge in [0.25, 0.3) is 0 Å². The normalized spacial score (nSPS) is 10.8. The lowest BCUT2D eigenvalue weighted by atomic mass is 10.1. The van der Waals surface area contributed by atoms with Crippen molar-refractivity contribution >= 4 is 27.2 Å².